The molecule has 120 valence electrons. The molecule has 0 saturated heterocycles. The number of carbonyl (C=O) groups excluding carboxylic acids is 2. The van der Waals surface area contributed by atoms with Gasteiger partial charge in [-0.25, -0.2) is 0 Å². The van der Waals surface area contributed by atoms with Gasteiger partial charge in [-0.05, 0) is 35.6 Å². The average molecular weight is 308 g/mol. The van der Waals surface area contributed by atoms with Crippen molar-refractivity contribution in [3.8, 4) is 0 Å². The van der Waals surface area contributed by atoms with E-state index in [1.54, 1.807) is 24.3 Å². The fourth-order valence-corrected chi connectivity index (χ4v) is 3.06. The average Bonchev–Trinajstić information content (AvgIpc) is 2.53. The van der Waals surface area contributed by atoms with Crippen LogP contribution < -0.4 is 0 Å². The van der Waals surface area contributed by atoms with Gasteiger partial charge in [-0.3, -0.25) is 9.59 Å². The maximum Gasteiger partial charge on any atom is 0.194 e. The van der Waals surface area contributed by atoms with Gasteiger partial charge in [0.1, 0.15) is 0 Å². The van der Waals surface area contributed by atoms with Gasteiger partial charge >= 0.3 is 0 Å². The van der Waals surface area contributed by atoms with Gasteiger partial charge < -0.3 is 0 Å². The Morgan fingerprint density at radius 2 is 1.17 bits per heavy atom. The molecule has 3 rings (SSSR count). The Morgan fingerprint density at radius 3 is 1.61 bits per heavy atom. The lowest BCUT2D eigenvalue weighted by Crippen LogP contribution is -2.23. The summed E-state index contributed by atoms with van der Waals surface area (Å²) in [5, 5.41) is 0. The summed E-state index contributed by atoms with van der Waals surface area (Å²) >= 11 is 0. The molecule has 2 aromatic rings. The van der Waals surface area contributed by atoms with Crippen molar-refractivity contribution in [1.29, 1.82) is 0 Å². The Balaban J connectivity index is 0.000000924. The molecule has 0 aliphatic heterocycles. The number of rotatable bonds is 0. The molecule has 2 aromatic carbocycles. The highest BCUT2D eigenvalue weighted by molar-refractivity contribution is 6.28. The summed E-state index contributed by atoms with van der Waals surface area (Å²) < 4.78 is 0. The van der Waals surface area contributed by atoms with E-state index in [2.05, 4.69) is 20.8 Å². The van der Waals surface area contributed by atoms with E-state index in [-0.39, 0.29) is 17.0 Å². The number of ketones is 2. The van der Waals surface area contributed by atoms with Gasteiger partial charge in [-0.2, -0.15) is 0 Å². The molecular formula is C21H24O2. The number of aryl methyl sites for hydroxylation is 1. The molecule has 0 amide bonds. The Hall–Kier alpha value is -2.22. The molecule has 0 saturated carbocycles. The van der Waals surface area contributed by atoms with Gasteiger partial charge in [-0.1, -0.05) is 58.9 Å². The molecule has 0 N–H and O–H groups in total. The van der Waals surface area contributed by atoms with E-state index in [0.717, 1.165) is 11.1 Å². The van der Waals surface area contributed by atoms with Crippen molar-refractivity contribution in [2.75, 3.05) is 0 Å². The molecule has 1 aliphatic rings. The molecule has 0 heterocycles. The zero-order valence-electron chi connectivity index (χ0n) is 14.8. The first-order valence-corrected chi connectivity index (χ1v) is 8.14. The normalized spacial score (nSPS) is 13.0. The van der Waals surface area contributed by atoms with Crippen LogP contribution in [0, 0.1) is 6.92 Å². The maximum absolute atomic E-state index is 12.7. The fourth-order valence-electron chi connectivity index (χ4n) is 3.06. The second-order valence-electron chi connectivity index (χ2n) is 6.67. The second-order valence-corrected chi connectivity index (χ2v) is 6.67. The Kier molecular flexibility index (Phi) is 4.56. The third-order valence-electron chi connectivity index (χ3n) is 4.08. The van der Waals surface area contributed by atoms with Gasteiger partial charge in [0.15, 0.2) is 11.6 Å². The lowest BCUT2D eigenvalue weighted by atomic mass is 9.77. The predicted molar refractivity (Wildman–Crippen MR) is 94.5 cm³/mol. The number of fused-ring (bicyclic) bond motifs is 2. The molecule has 2 heteroatoms. The van der Waals surface area contributed by atoms with Crippen LogP contribution in [0.1, 0.15) is 77.6 Å². The zero-order valence-corrected chi connectivity index (χ0v) is 14.8. The number of carbonyl (C=O) groups is 2. The molecule has 1 aliphatic carbocycles. The van der Waals surface area contributed by atoms with Crippen LogP contribution >= 0.6 is 0 Å². The zero-order chi connectivity index (χ0) is 17.4. The highest BCUT2D eigenvalue weighted by atomic mass is 16.1. The standard InChI is InChI=1S/C19H18O2.C2H6/c1-11-9-14-15(10-16(11)19(2,3)4)18(21)13-8-6-5-7-12(13)17(14)20;1-2/h5-10H,1-4H3;1-2H3. The molecule has 2 nitrogen and oxygen atoms in total. The lowest BCUT2D eigenvalue weighted by molar-refractivity contribution is 0.0979. The highest BCUT2D eigenvalue weighted by Gasteiger charge is 2.31. The fraction of sp³-hybridized carbons (Fsp3) is 0.333. The number of hydrogen-bond acceptors (Lipinski definition) is 2. The van der Waals surface area contributed by atoms with Crippen LogP contribution in [0.2, 0.25) is 0 Å². The van der Waals surface area contributed by atoms with Crippen molar-refractivity contribution < 1.29 is 9.59 Å². The van der Waals surface area contributed by atoms with E-state index < -0.39 is 0 Å². The Labute approximate surface area is 138 Å². The minimum Gasteiger partial charge on any atom is -0.289 e. The summed E-state index contributed by atoms with van der Waals surface area (Å²) in [6, 6.07) is 10.8. The minimum atomic E-state index is -0.0561. The van der Waals surface area contributed by atoms with Gasteiger partial charge in [0.25, 0.3) is 0 Å². The quantitative estimate of drug-likeness (QED) is 0.579. The molecule has 0 fully saturated rings. The summed E-state index contributed by atoms with van der Waals surface area (Å²) in [6.45, 7) is 12.3. The smallest absolute Gasteiger partial charge is 0.194 e. The van der Waals surface area contributed by atoms with Crippen molar-refractivity contribution in [1.82, 2.24) is 0 Å². The number of hydrogen-bond donors (Lipinski definition) is 0. The summed E-state index contributed by atoms with van der Waals surface area (Å²) in [5.74, 6) is -0.102. The Bertz CT molecular complexity index is 777. The van der Waals surface area contributed by atoms with Crippen molar-refractivity contribution in [3.05, 3.63) is 69.8 Å². The van der Waals surface area contributed by atoms with Crippen molar-refractivity contribution in [2.24, 2.45) is 0 Å². The maximum atomic E-state index is 12.7. The molecule has 0 bridgehead atoms. The van der Waals surface area contributed by atoms with Crippen molar-refractivity contribution in [3.63, 3.8) is 0 Å². The van der Waals surface area contributed by atoms with Crippen LogP contribution in [0.5, 0.6) is 0 Å². The van der Waals surface area contributed by atoms with Crippen LogP contribution in [0.3, 0.4) is 0 Å². The van der Waals surface area contributed by atoms with E-state index in [1.807, 2.05) is 32.9 Å². The van der Waals surface area contributed by atoms with Crippen molar-refractivity contribution >= 4 is 11.6 Å². The SMILES string of the molecule is CC.Cc1cc2c(cc1C(C)(C)C)C(=O)c1ccccc1C2=O. The van der Waals surface area contributed by atoms with E-state index in [0.29, 0.717) is 22.3 Å². The van der Waals surface area contributed by atoms with Gasteiger partial charge in [0, 0.05) is 22.3 Å². The third-order valence-corrected chi connectivity index (χ3v) is 4.08. The predicted octanol–water partition coefficient (Wildman–Crippen LogP) is 5.09. The summed E-state index contributed by atoms with van der Waals surface area (Å²) in [4.78, 5) is 25.3. The number of benzene rings is 2. The molecule has 0 radical (unpaired) electrons. The minimum absolute atomic E-state index is 0.0503. The first-order chi connectivity index (χ1) is 10.8. The first-order valence-electron chi connectivity index (χ1n) is 8.14. The molecular weight excluding hydrogens is 284 g/mol. The summed E-state index contributed by atoms with van der Waals surface area (Å²) in [6.07, 6.45) is 0. The van der Waals surface area contributed by atoms with E-state index in [9.17, 15) is 9.59 Å². The third kappa shape index (κ3) is 2.86. The van der Waals surface area contributed by atoms with Crippen LogP contribution in [-0.4, -0.2) is 11.6 Å². The molecule has 23 heavy (non-hydrogen) atoms. The van der Waals surface area contributed by atoms with Crippen LogP contribution in [0.15, 0.2) is 36.4 Å². The van der Waals surface area contributed by atoms with Gasteiger partial charge in [0.05, 0.1) is 0 Å². The first kappa shape index (κ1) is 17.1. The summed E-state index contributed by atoms with van der Waals surface area (Å²) in [7, 11) is 0. The van der Waals surface area contributed by atoms with Crippen LogP contribution in [0.4, 0.5) is 0 Å². The van der Waals surface area contributed by atoms with E-state index in [4.69, 9.17) is 0 Å². The van der Waals surface area contributed by atoms with Crippen LogP contribution in [0.25, 0.3) is 0 Å². The summed E-state index contributed by atoms with van der Waals surface area (Å²) in [5.41, 5.74) is 4.21. The Morgan fingerprint density at radius 1 is 0.739 bits per heavy atom. The second kappa shape index (κ2) is 6.11. The monoisotopic (exact) mass is 308 g/mol. The van der Waals surface area contributed by atoms with Crippen LogP contribution in [-0.2, 0) is 5.41 Å². The van der Waals surface area contributed by atoms with Gasteiger partial charge in [0.2, 0.25) is 0 Å². The topological polar surface area (TPSA) is 34.1 Å². The van der Waals surface area contributed by atoms with Crippen molar-refractivity contribution in [2.45, 2.75) is 47.0 Å². The largest absolute Gasteiger partial charge is 0.289 e. The highest BCUT2D eigenvalue weighted by Crippen LogP contribution is 2.33. The molecule has 0 aromatic heterocycles. The molecule has 0 atom stereocenters. The lowest BCUT2D eigenvalue weighted by Gasteiger charge is -2.25. The van der Waals surface area contributed by atoms with Gasteiger partial charge in [-0.15, -0.1) is 0 Å². The molecule has 0 unspecified atom stereocenters. The van der Waals surface area contributed by atoms with E-state index in [1.165, 1.54) is 0 Å². The van der Waals surface area contributed by atoms with E-state index >= 15 is 0 Å². The molecule has 0 spiro atoms.